The molecule has 1 amide bonds. The SMILES string of the molecule is CC(CC(N)=O)Oc1ccc(Nc2nc(Nc3cccc(S(N)(=O)=O)c3)ncc2F)cc1. The number of hydrogen-bond donors (Lipinski definition) is 4. The van der Waals surface area contributed by atoms with Crippen molar-refractivity contribution >= 4 is 39.1 Å². The van der Waals surface area contributed by atoms with Crippen LogP contribution in [-0.4, -0.2) is 30.4 Å². The molecule has 0 aliphatic heterocycles. The lowest BCUT2D eigenvalue weighted by Crippen LogP contribution is -2.22. The minimum absolute atomic E-state index is 0.0423. The van der Waals surface area contributed by atoms with E-state index in [1.54, 1.807) is 37.3 Å². The van der Waals surface area contributed by atoms with Crippen molar-refractivity contribution in [1.29, 1.82) is 0 Å². The number of carbonyl (C=O) groups excluding carboxylic acids is 1. The summed E-state index contributed by atoms with van der Waals surface area (Å²) in [6.45, 7) is 1.72. The standard InChI is InChI=1S/C20H21FN6O4S/c1-12(9-18(22)28)31-15-7-5-13(6-8-15)25-19-17(21)11-24-20(27-19)26-14-3-2-4-16(10-14)32(23,29)30/h2-8,10-12H,9H2,1H3,(H2,22,28)(H2,23,29,30)(H2,24,25,26,27). The monoisotopic (exact) mass is 460 g/mol. The van der Waals surface area contributed by atoms with Gasteiger partial charge in [-0.1, -0.05) is 6.07 Å². The number of hydrogen-bond acceptors (Lipinski definition) is 8. The Morgan fingerprint density at radius 2 is 1.88 bits per heavy atom. The summed E-state index contributed by atoms with van der Waals surface area (Å²) in [7, 11) is -3.88. The molecule has 2 aromatic carbocycles. The Balaban J connectivity index is 1.72. The van der Waals surface area contributed by atoms with Crippen molar-refractivity contribution in [2.75, 3.05) is 10.6 Å². The second-order valence-corrected chi connectivity index (χ2v) is 8.40. The van der Waals surface area contributed by atoms with Crippen LogP contribution < -0.4 is 26.2 Å². The van der Waals surface area contributed by atoms with E-state index in [1.807, 2.05) is 0 Å². The highest BCUT2D eigenvalue weighted by molar-refractivity contribution is 7.89. The highest BCUT2D eigenvalue weighted by Crippen LogP contribution is 2.23. The van der Waals surface area contributed by atoms with Crippen LogP contribution in [-0.2, 0) is 14.8 Å². The molecule has 12 heteroatoms. The molecule has 1 heterocycles. The van der Waals surface area contributed by atoms with Gasteiger partial charge >= 0.3 is 0 Å². The maximum Gasteiger partial charge on any atom is 0.238 e. The number of benzene rings is 2. The van der Waals surface area contributed by atoms with Crippen LogP contribution in [0.2, 0.25) is 0 Å². The molecule has 3 rings (SSSR count). The Morgan fingerprint density at radius 1 is 1.16 bits per heavy atom. The predicted octanol–water partition coefficient (Wildman–Crippen LogP) is 2.39. The molecule has 0 fully saturated rings. The number of nitrogens with zero attached hydrogens (tertiary/aromatic N) is 2. The number of primary amides is 1. The van der Waals surface area contributed by atoms with Gasteiger partial charge in [0.15, 0.2) is 11.6 Å². The normalized spacial score (nSPS) is 12.1. The average molecular weight is 460 g/mol. The summed E-state index contributed by atoms with van der Waals surface area (Å²) in [4.78, 5) is 18.8. The van der Waals surface area contributed by atoms with Crippen molar-refractivity contribution in [3.8, 4) is 5.75 Å². The summed E-state index contributed by atoms with van der Waals surface area (Å²) in [5.41, 5.74) is 6.03. The van der Waals surface area contributed by atoms with Crippen LogP contribution in [0.4, 0.5) is 27.5 Å². The maximum atomic E-state index is 14.2. The molecule has 6 N–H and O–H groups in total. The third kappa shape index (κ3) is 6.36. The minimum atomic E-state index is -3.88. The van der Waals surface area contributed by atoms with E-state index in [-0.39, 0.29) is 29.2 Å². The third-order valence-corrected chi connectivity index (χ3v) is 5.02. The van der Waals surface area contributed by atoms with E-state index in [9.17, 15) is 17.6 Å². The van der Waals surface area contributed by atoms with Gasteiger partial charge in [0, 0.05) is 11.4 Å². The van der Waals surface area contributed by atoms with Crippen molar-refractivity contribution < 1.29 is 22.3 Å². The molecule has 0 spiro atoms. The lowest BCUT2D eigenvalue weighted by Gasteiger charge is -2.14. The van der Waals surface area contributed by atoms with Crippen molar-refractivity contribution in [3.63, 3.8) is 0 Å². The second kappa shape index (κ2) is 9.58. The van der Waals surface area contributed by atoms with E-state index in [0.29, 0.717) is 17.1 Å². The smallest absolute Gasteiger partial charge is 0.238 e. The van der Waals surface area contributed by atoms with Crippen LogP contribution in [0.15, 0.2) is 59.6 Å². The number of nitrogens with two attached hydrogens (primary N) is 2. The van der Waals surface area contributed by atoms with Crippen LogP contribution in [0.1, 0.15) is 13.3 Å². The number of rotatable bonds is 9. The summed E-state index contributed by atoms with van der Waals surface area (Å²) in [6, 6.07) is 12.3. The van der Waals surface area contributed by atoms with Crippen LogP contribution >= 0.6 is 0 Å². The zero-order valence-corrected chi connectivity index (χ0v) is 17.8. The molecule has 1 aromatic heterocycles. The number of primary sulfonamides is 1. The fraction of sp³-hybridized carbons (Fsp3) is 0.150. The molecule has 10 nitrogen and oxygen atoms in total. The fourth-order valence-corrected chi connectivity index (χ4v) is 3.27. The van der Waals surface area contributed by atoms with E-state index in [2.05, 4.69) is 20.6 Å². The first kappa shape index (κ1) is 22.9. The molecule has 0 saturated heterocycles. The van der Waals surface area contributed by atoms with Gasteiger partial charge in [0.1, 0.15) is 11.9 Å². The second-order valence-electron chi connectivity index (χ2n) is 6.84. The quantitative estimate of drug-likeness (QED) is 0.378. The van der Waals surface area contributed by atoms with Gasteiger partial charge in [-0.2, -0.15) is 4.98 Å². The van der Waals surface area contributed by atoms with E-state index in [0.717, 1.165) is 6.20 Å². The summed E-state index contributed by atoms with van der Waals surface area (Å²) < 4.78 is 42.8. The van der Waals surface area contributed by atoms with Crippen LogP contribution in [0.5, 0.6) is 5.75 Å². The van der Waals surface area contributed by atoms with Crippen molar-refractivity contribution in [2.24, 2.45) is 10.9 Å². The lowest BCUT2D eigenvalue weighted by molar-refractivity contribution is -0.119. The molecule has 32 heavy (non-hydrogen) atoms. The number of carbonyl (C=O) groups is 1. The van der Waals surface area contributed by atoms with Crippen molar-refractivity contribution in [3.05, 3.63) is 60.5 Å². The van der Waals surface area contributed by atoms with Gasteiger partial charge in [-0.25, -0.2) is 22.9 Å². The van der Waals surface area contributed by atoms with Gasteiger partial charge < -0.3 is 21.1 Å². The van der Waals surface area contributed by atoms with Gasteiger partial charge in [0.05, 0.1) is 17.5 Å². The zero-order valence-electron chi connectivity index (χ0n) is 16.9. The maximum absolute atomic E-state index is 14.2. The molecule has 0 aliphatic carbocycles. The Morgan fingerprint density at radius 3 is 2.53 bits per heavy atom. The Bertz CT molecular complexity index is 1220. The number of anilines is 4. The predicted molar refractivity (Wildman–Crippen MR) is 117 cm³/mol. The molecular weight excluding hydrogens is 439 g/mol. The molecule has 168 valence electrons. The number of halogens is 1. The number of ether oxygens (including phenoxy) is 1. The Hall–Kier alpha value is -3.77. The largest absolute Gasteiger partial charge is 0.490 e. The van der Waals surface area contributed by atoms with E-state index < -0.39 is 21.7 Å². The minimum Gasteiger partial charge on any atom is -0.490 e. The van der Waals surface area contributed by atoms with Gasteiger partial charge in [-0.05, 0) is 49.4 Å². The van der Waals surface area contributed by atoms with Crippen molar-refractivity contribution in [1.82, 2.24) is 9.97 Å². The molecular formula is C20H21FN6O4S. The summed E-state index contributed by atoms with van der Waals surface area (Å²) in [5.74, 6) is -0.689. The highest BCUT2D eigenvalue weighted by Gasteiger charge is 2.12. The van der Waals surface area contributed by atoms with Crippen LogP contribution in [0.25, 0.3) is 0 Å². The highest BCUT2D eigenvalue weighted by atomic mass is 32.2. The molecule has 0 bridgehead atoms. The number of aromatic nitrogens is 2. The topological polar surface area (TPSA) is 162 Å². The summed E-state index contributed by atoms with van der Waals surface area (Å²) in [6.07, 6.45) is 0.679. The molecule has 1 atom stereocenters. The van der Waals surface area contributed by atoms with Crippen LogP contribution in [0.3, 0.4) is 0 Å². The van der Waals surface area contributed by atoms with E-state index in [1.165, 1.54) is 18.2 Å². The average Bonchev–Trinajstić information content (AvgIpc) is 2.71. The lowest BCUT2D eigenvalue weighted by atomic mass is 10.2. The first-order chi connectivity index (χ1) is 15.1. The van der Waals surface area contributed by atoms with Gasteiger partial charge in [0.2, 0.25) is 21.9 Å². The summed E-state index contributed by atoms with van der Waals surface area (Å²) in [5, 5.41) is 10.8. The van der Waals surface area contributed by atoms with Gasteiger partial charge in [0.25, 0.3) is 0 Å². The zero-order chi connectivity index (χ0) is 23.3. The van der Waals surface area contributed by atoms with Crippen molar-refractivity contribution in [2.45, 2.75) is 24.3 Å². The first-order valence-electron chi connectivity index (χ1n) is 9.34. The molecule has 0 saturated carbocycles. The number of nitrogens with one attached hydrogen (secondary N) is 2. The molecule has 0 aliphatic rings. The fourth-order valence-electron chi connectivity index (χ4n) is 2.71. The van der Waals surface area contributed by atoms with Crippen LogP contribution in [0, 0.1) is 5.82 Å². The number of sulfonamides is 1. The van der Waals surface area contributed by atoms with Gasteiger partial charge in [-0.3, -0.25) is 4.79 Å². The molecule has 0 radical (unpaired) electrons. The number of amides is 1. The van der Waals surface area contributed by atoms with E-state index in [4.69, 9.17) is 15.6 Å². The van der Waals surface area contributed by atoms with Gasteiger partial charge in [-0.15, -0.1) is 0 Å². The Labute approximate surface area is 183 Å². The summed E-state index contributed by atoms with van der Waals surface area (Å²) >= 11 is 0. The Kier molecular flexibility index (Phi) is 6.85. The third-order valence-electron chi connectivity index (χ3n) is 4.11. The molecule has 1 unspecified atom stereocenters. The first-order valence-corrected chi connectivity index (χ1v) is 10.9. The van der Waals surface area contributed by atoms with E-state index >= 15 is 0 Å². The molecule has 3 aromatic rings.